The Labute approximate surface area is 566 Å². The van der Waals surface area contributed by atoms with Crippen LogP contribution in [-0.4, -0.2) is 89.7 Å². The van der Waals surface area contributed by atoms with Gasteiger partial charge in [-0.2, -0.15) is 39.5 Å². The Morgan fingerprint density at radius 1 is 0.333 bits per heavy atom. The molecule has 6 N–H and O–H groups in total. The molecule has 6 aromatic carbocycles. The summed E-state index contributed by atoms with van der Waals surface area (Å²) >= 11 is 19.2. The van der Waals surface area contributed by atoms with Crippen LogP contribution in [0.15, 0.2) is 165 Å². The molecule has 0 amide bonds. The average Bonchev–Trinajstić information content (AvgIpc) is 1.44. The Morgan fingerprint density at radius 2 is 0.606 bits per heavy atom. The number of nitrogens with zero attached hydrogens (tertiary/aromatic N) is 15. The van der Waals surface area contributed by atoms with E-state index >= 15 is 0 Å². The molecule has 0 aliphatic rings. The van der Waals surface area contributed by atoms with E-state index in [1.54, 1.807) is 72.8 Å². The number of alkyl halides is 9. The van der Waals surface area contributed by atoms with Crippen LogP contribution < -0.4 is 16.0 Å². The number of aromatic nitrogens is 18. The third kappa shape index (κ3) is 13.6. The van der Waals surface area contributed by atoms with Gasteiger partial charge in [0.15, 0.2) is 34.4 Å². The second kappa shape index (κ2) is 26.9. The standard InChI is InChI=1S/3C22H15ClF3N7/c3*1-11(31-21-19-20(28-9-27-19)29-10-30-21)16-17(12-5-2-3-7-14(12)23)33-18-13(22(24,25)26)6-4-8-15(18)32-16/h3*2-11H,1H3,(H2,27,28,29,30,31)/t2*11-;/m10./s1. The minimum Gasteiger partial charge on any atom is -0.360 e. The van der Waals surface area contributed by atoms with Crippen LogP contribution in [0, 0.1) is 0 Å². The Kier molecular flexibility index (Phi) is 18.0. The van der Waals surface area contributed by atoms with Crippen LogP contribution >= 0.6 is 34.8 Å². The van der Waals surface area contributed by atoms with Gasteiger partial charge in [0.25, 0.3) is 0 Å². The van der Waals surface area contributed by atoms with Gasteiger partial charge in [0, 0.05) is 16.7 Å². The summed E-state index contributed by atoms with van der Waals surface area (Å²) in [4.78, 5) is 73.3. The van der Waals surface area contributed by atoms with E-state index in [1.165, 1.54) is 74.4 Å². The Bertz CT molecular complexity index is 4980. The number of aromatic amines is 3. The van der Waals surface area contributed by atoms with Crippen LogP contribution in [0.4, 0.5) is 57.0 Å². The highest BCUT2D eigenvalue weighted by Crippen LogP contribution is 2.43. The first-order valence-electron chi connectivity index (χ1n) is 29.6. The van der Waals surface area contributed by atoms with Gasteiger partial charge in [0.2, 0.25) is 0 Å². The first-order valence-corrected chi connectivity index (χ1v) is 30.7. The lowest BCUT2D eigenvalue weighted by atomic mass is 10.0. The van der Waals surface area contributed by atoms with Crippen molar-refractivity contribution in [3.8, 4) is 33.8 Å². The number of nitrogens with one attached hydrogen (secondary N) is 6. The highest BCUT2D eigenvalue weighted by Gasteiger charge is 2.37. The average molecular weight is 1410 g/mol. The molecular weight excluding hydrogens is 1360 g/mol. The van der Waals surface area contributed by atoms with Gasteiger partial charge in [0.05, 0.1) is 120 Å². The first-order chi connectivity index (χ1) is 47.5. The van der Waals surface area contributed by atoms with Gasteiger partial charge in [-0.3, -0.25) is 0 Å². The zero-order valence-corrected chi connectivity index (χ0v) is 53.3. The maximum Gasteiger partial charge on any atom is 0.418 e. The Balaban J connectivity index is 0.000000133. The third-order valence-electron chi connectivity index (χ3n) is 15.4. The number of para-hydroxylation sites is 3. The third-order valence-corrected chi connectivity index (χ3v) is 16.4. The van der Waals surface area contributed by atoms with E-state index in [-0.39, 0.29) is 50.2 Å². The summed E-state index contributed by atoms with van der Waals surface area (Å²) in [7, 11) is 0. The Morgan fingerprint density at radius 3 is 0.869 bits per heavy atom. The lowest BCUT2D eigenvalue weighted by Gasteiger charge is -2.19. The summed E-state index contributed by atoms with van der Waals surface area (Å²) in [6.07, 6.45) is -5.13. The molecule has 1 unspecified atom stereocenters. The second-order valence-corrected chi connectivity index (χ2v) is 23.1. The molecule has 498 valence electrons. The minimum atomic E-state index is -4.58. The largest absolute Gasteiger partial charge is 0.418 e. The van der Waals surface area contributed by atoms with Crippen molar-refractivity contribution in [2.45, 2.75) is 57.4 Å². The first kappa shape index (κ1) is 66.3. The van der Waals surface area contributed by atoms with Gasteiger partial charge in [0.1, 0.15) is 52.1 Å². The van der Waals surface area contributed by atoms with Crippen molar-refractivity contribution < 1.29 is 39.5 Å². The van der Waals surface area contributed by atoms with Gasteiger partial charge < -0.3 is 30.9 Å². The quantitative estimate of drug-likeness (QED) is 0.0620. The van der Waals surface area contributed by atoms with Gasteiger partial charge in [-0.25, -0.2) is 74.8 Å². The van der Waals surface area contributed by atoms with E-state index in [1.807, 2.05) is 20.8 Å². The van der Waals surface area contributed by atoms with E-state index in [2.05, 4.69) is 106 Å². The highest BCUT2D eigenvalue weighted by molar-refractivity contribution is 6.34. The summed E-state index contributed by atoms with van der Waals surface area (Å²) in [5.41, 5.74) is 3.71. The summed E-state index contributed by atoms with van der Waals surface area (Å²) in [5, 5.41) is 10.8. The molecule has 15 rings (SSSR count). The molecule has 99 heavy (non-hydrogen) atoms. The number of H-pyrrole nitrogens is 3. The number of rotatable bonds is 12. The van der Waals surface area contributed by atoms with Crippen LogP contribution in [-0.2, 0) is 18.5 Å². The number of fused-ring (bicyclic) bond motifs is 6. The van der Waals surface area contributed by atoms with E-state index in [0.717, 1.165) is 18.2 Å². The van der Waals surface area contributed by atoms with Crippen molar-refractivity contribution in [1.82, 2.24) is 89.7 Å². The molecule has 21 nitrogen and oxygen atoms in total. The van der Waals surface area contributed by atoms with Crippen LogP contribution in [0.5, 0.6) is 0 Å². The Hall–Kier alpha value is -11.4. The second-order valence-electron chi connectivity index (χ2n) is 21.9. The highest BCUT2D eigenvalue weighted by atomic mass is 35.5. The smallest absolute Gasteiger partial charge is 0.360 e. The summed E-state index contributed by atoms with van der Waals surface area (Å²) in [6.45, 7) is 5.44. The van der Waals surface area contributed by atoms with Crippen molar-refractivity contribution >= 4 is 119 Å². The van der Waals surface area contributed by atoms with Crippen LogP contribution in [0.1, 0.15) is 72.7 Å². The summed E-state index contributed by atoms with van der Waals surface area (Å²) in [5.74, 6) is 1.42. The molecule has 15 aromatic rings. The zero-order chi connectivity index (χ0) is 69.5. The molecule has 33 heteroatoms. The van der Waals surface area contributed by atoms with Gasteiger partial charge >= 0.3 is 18.5 Å². The number of benzene rings is 6. The molecule has 0 spiro atoms. The number of hydrogen-bond donors (Lipinski definition) is 6. The van der Waals surface area contributed by atoms with Crippen molar-refractivity contribution in [1.29, 1.82) is 0 Å². The molecule has 0 radical (unpaired) electrons. The van der Waals surface area contributed by atoms with E-state index < -0.39 is 53.3 Å². The van der Waals surface area contributed by atoms with Crippen molar-refractivity contribution in [2.75, 3.05) is 16.0 Å². The predicted octanol–water partition coefficient (Wildman–Crippen LogP) is 17.4. The van der Waals surface area contributed by atoms with E-state index in [9.17, 15) is 39.5 Å². The molecule has 9 aromatic heterocycles. The molecule has 0 aliphatic heterocycles. The van der Waals surface area contributed by atoms with Crippen LogP contribution in [0.25, 0.3) is 100 Å². The summed E-state index contributed by atoms with van der Waals surface area (Å²) < 4.78 is 123. The van der Waals surface area contributed by atoms with Gasteiger partial charge in [-0.1, -0.05) is 108 Å². The van der Waals surface area contributed by atoms with E-state index in [4.69, 9.17) is 34.8 Å². The number of halogens is 12. The predicted molar refractivity (Wildman–Crippen MR) is 356 cm³/mol. The van der Waals surface area contributed by atoms with Gasteiger partial charge in [-0.15, -0.1) is 0 Å². The monoisotopic (exact) mass is 1410 g/mol. The van der Waals surface area contributed by atoms with E-state index in [0.29, 0.717) is 99.8 Å². The molecule has 0 bridgehead atoms. The zero-order valence-electron chi connectivity index (χ0n) is 51.1. The maximum absolute atomic E-state index is 13.7. The fourth-order valence-electron chi connectivity index (χ4n) is 10.9. The molecule has 0 saturated heterocycles. The van der Waals surface area contributed by atoms with Crippen molar-refractivity contribution in [2.24, 2.45) is 0 Å². The molecule has 9 heterocycles. The number of imidazole rings is 3. The van der Waals surface area contributed by atoms with Crippen LogP contribution in [0.3, 0.4) is 0 Å². The minimum absolute atomic E-state index is 0.124. The molecule has 3 atom stereocenters. The van der Waals surface area contributed by atoms with Crippen molar-refractivity contribution in [3.63, 3.8) is 0 Å². The fourth-order valence-corrected chi connectivity index (χ4v) is 11.5. The van der Waals surface area contributed by atoms with Crippen molar-refractivity contribution in [3.05, 3.63) is 214 Å². The molecular formula is C66H45Cl3F9N21. The molecule has 0 aliphatic carbocycles. The summed E-state index contributed by atoms with van der Waals surface area (Å²) in [6, 6.07) is 30.4. The molecule has 0 saturated carbocycles. The number of hydrogen-bond acceptors (Lipinski definition) is 18. The molecule has 0 fully saturated rings. The fraction of sp³-hybridized carbons (Fsp3) is 0.136. The normalized spacial score (nSPS) is 12.9. The lowest BCUT2D eigenvalue weighted by molar-refractivity contribution is -0.137. The maximum atomic E-state index is 13.7. The lowest BCUT2D eigenvalue weighted by Crippen LogP contribution is -2.14. The topological polar surface area (TPSA) is 277 Å². The van der Waals surface area contributed by atoms with Gasteiger partial charge in [-0.05, 0) is 75.4 Å². The number of anilines is 3. The SMILES string of the molecule is CC(Nc1ncnc2nc[nH]c12)c1nc2cccc(C(F)(F)F)c2nc1-c1ccccc1Cl.C[C@@H](Nc1ncnc2nc[nH]c12)c1nc2cccc(C(F)(F)F)c2nc1-c1ccccc1Cl.C[C@H](Nc1ncnc2nc[nH]c12)c1nc2cccc(C(F)(F)F)c2nc1-c1ccccc1Cl. The van der Waals surface area contributed by atoms with Crippen LogP contribution in [0.2, 0.25) is 15.1 Å².